The van der Waals surface area contributed by atoms with Gasteiger partial charge in [0.25, 0.3) is 0 Å². The van der Waals surface area contributed by atoms with Gasteiger partial charge in [-0.1, -0.05) is 24.3 Å². The zero-order chi connectivity index (χ0) is 15.9. The van der Waals surface area contributed by atoms with Crippen molar-refractivity contribution >= 4 is 5.91 Å². The van der Waals surface area contributed by atoms with Gasteiger partial charge in [-0.3, -0.25) is 9.69 Å². The molecule has 0 spiro atoms. The Bertz CT molecular complexity index is 488. The fraction of sp³-hybridized carbons (Fsp3) is 0.611. The Morgan fingerprint density at radius 3 is 2.95 bits per heavy atom. The van der Waals surface area contributed by atoms with E-state index in [1.807, 2.05) is 19.1 Å². The molecule has 1 aromatic rings. The molecule has 0 radical (unpaired) electrons. The average Bonchev–Trinajstić information content (AvgIpc) is 2.87. The fourth-order valence-electron chi connectivity index (χ4n) is 3.23. The number of aryl methyl sites for hydroxylation is 1. The predicted molar refractivity (Wildman–Crippen MR) is 88.8 cm³/mol. The van der Waals surface area contributed by atoms with Crippen molar-refractivity contribution in [2.24, 2.45) is 0 Å². The highest BCUT2D eigenvalue weighted by atomic mass is 16.3. The first-order valence-electron chi connectivity index (χ1n) is 8.29. The standard InChI is InChI=1S/C18H28N2O2/c1-14-6-3-4-7-16(14)9-10-19-18(22)13-20-11-5-8-17(20)12-15(2)21/h3-4,6-7,15,17,21H,5,8-13H2,1-2H3,(H,19,22). The Kier molecular flexibility index (Phi) is 6.40. The molecular formula is C18H28N2O2. The Morgan fingerprint density at radius 2 is 2.23 bits per heavy atom. The molecule has 4 nitrogen and oxygen atoms in total. The minimum Gasteiger partial charge on any atom is -0.393 e. The van der Waals surface area contributed by atoms with Gasteiger partial charge in [-0.15, -0.1) is 0 Å². The van der Waals surface area contributed by atoms with E-state index in [1.165, 1.54) is 11.1 Å². The van der Waals surface area contributed by atoms with Crippen LogP contribution in [0.4, 0.5) is 0 Å². The molecule has 22 heavy (non-hydrogen) atoms. The largest absolute Gasteiger partial charge is 0.393 e. The SMILES string of the molecule is Cc1ccccc1CCNC(=O)CN1CCCC1CC(C)O. The maximum absolute atomic E-state index is 12.1. The van der Waals surface area contributed by atoms with Gasteiger partial charge in [-0.2, -0.15) is 0 Å². The molecule has 2 unspecified atom stereocenters. The topological polar surface area (TPSA) is 52.6 Å². The average molecular weight is 304 g/mol. The van der Waals surface area contributed by atoms with Gasteiger partial charge in [-0.25, -0.2) is 0 Å². The van der Waals surface area contributed by atoms with Gasteiger partial charge in [0.15, 0.2) is 0 Å². The molecule has 2 atom stereocenters. The van der Waals surface area contributed by atoms with E-state index in [9.17, 15) is 9.90 Å². The van der Waals surface area contributed by atoms with Crippen LogP contribution in [0.15, 0.2) is 24.3 Å². The maximum atomic E-state index is 12.1. The van der Waals surface area contributed by atoms with Crippen LogP contribution in [0.25, 0.3) is 0 Å². The minimum atomic E-state index is -0.297. The van der Waals surface area contributed by atoms with Gasteiger partial charge < -0.3 is 10.4 Å². The second kappa shape index (κ2) is 8.30. The van der Waals surface area contributed by atoms with E-state index in [4.69, 9.17) is 0 Å². The number of hydrogen-bond donors (Lipinski definition) is 2. The molecule has 0 aromatic heterocycles. The Labute approximate surface area is 133 Å². The summed E-state index contributed by atoms with van der Waals surface area (Å²) in [6, 6.07) is 8.63. The number of nitrogens with zero attached hydrogens (tertiary/aromatic N) is 1. The van der Waals surface area contributed by atoms with E-state index in [0.717, 1.165) is 32.2 Å². The molecular weight excluding hydrogens is 276 g/mol. The van der Waals surface area contributed by atoms with E-state index < -0.39 is 0 Å². The second-order valence-corrected chi connectivity index (χ2v) is 6.38. The quantitative estimate of drug-likeness (QED) is 0.809. The van der Waals surface area contributed by atoms with Crippen LogP contribution >= 0.6 is 0 Å². The van der Waals surface area contributed by atoms with Crippen LogP contribution in [0.3, 0.4) is 0 Å². The third-order valence-corrected chi connectivity index (χ3v) is 4.44. The third kappa shape index (κ3) is 5.11. The van der Waals surface area contributed by atoms with Gasteiger partial charge in [0, 0.05) is 12.6 Å². The van der Waals surface area contributed by atoms with Crippen LogP contribution in [-0.4, -0.2) is 47.7 Å². The normalized spacial score (nSPS) is 20.0. The number of rotatable bonds is 7. The van der Waals surface area contributed by atoms with Crippen LogP contribution in [0.2, 0.25) is 0 Å². The minimum absolute atomic E-state index is 0.0890. The van der Waals surface area contributed by atoms with Crippen LogP contribution in [-0.2, 0) is 11.2 Å². The second-order valence-electron chi connectivity index (χ2n) is 6.38. The number of hydrogen-bond acceptors (Lipinski definition) is 3. The summed E-state index contributed by atoms with van der Waals surface area (Å²) >= 11 is 0. The Balaban J connectivity index is 1.72. The van der Waals surface area contributed by atoms with Crippen molar-refractivity contribution in [3.05, 3.63) is 35.4 Å². The summed E-state index contributed by atoms with van der Waals surface area (Å²) in [5, 5.41) is 12.5. The lowest BCUT2D eigenvalue weighted by Crippen LogP contribution is -2.41. The highest BCUT2D eigenvalue weighted by Crippen LogP contribution is 2.20. The Hall–Kier alpha value is -1.39. The summed E-state index contributed by atoms with van der Waals surface area (Å²) in [7, 11) is 0. The van der Waals surface area contributed by atoms with Crippen LogP contribution in [0.5, 0.6) is 0 Å². The maximum Gasteiger partial charge on any atom is 0.234 e. The lowest BCUT2D eigenvalue weighted by molar-refractivity contribution is -0.122. The highest BCUT2D eigenvalue weighted by Gasteiger charge is 2.26. The van der Waals surface area contributed by atoms with Gasteiger partial charge in [0.2, 0.25) is 5.91 Å². The fourth-order valence-corrected chi connectivity index (χ4v) is 3.23. The number of carbonyl (C=O) groups excluding carboxylic acids is 1. The van der Waals surface area contributed by atoms with Crippen molar-refractivity contribution in [2.75, 3.05) is 19.6 Å². The number of benzene rings is 1. The molecule has 1 saturated heterocycles. The van der Waals surface area contributed by atoms with Crippen LogP contribution < -0.4 is 5.32 Å². The first kappa shape index (κ1) is 17.0. The molecule has 1 aromatic carbocycles. The molecule has 2 rings (SSSR count). The number of aliphatic hydroxyl groups is 1. The molecule has 1 amide bonds. The van der Waals surface area contributed by atoms with E-state index >= 15 is 0 Å². The number of aliphatic hydroxyl groups excluding tert-OH is 1. The monoisotopic (exact) mass is 304 g/mol. The number of amides is 1. The zero-order valence-corrected chi connectivity index (χ0v) is 13.7. The molecule has 0 aliphatic carbocycles. The smallest absolute Gasteiger partial charge is 0.234 e. The number of nitrogens with one attached hydrogen (secondary N) is 1. The molecule has 1 aliphatic heterocycles. The molecule has 1 fully saturated rings. The highest BCUT2D eigenvalue weighted by molar-refractivity contribution is 5.78. The van der Waals surface area contributed by atoms with Gasteiger partial charge in [0.1, 0.15) is 0 Å². The van der Waals surface area contributed by atoms with Gasteiger partial charge in [-0.05, 0) is 57.2 Å². The molecule has 4 heteroatoms. The number of likely N-dealkylation sites (tertiary alicyclic amines) is 1. The van der Waals surface area contributed by atoms with E-state index in [2.05, 4.69) is 29.3 Å². The summed E-state index contributed by atoms with van der Waals surface area (Å²) < 4.78 is 0. The molecule has 1 aliphatic rings. The summed E-state index contributed by atoms with van der Waals surface area (Å²) in [4.78, 5) is 14.3. The van der Waals surface area contributed by atoms with Crippen LogP contribution in [0, 0.1) is 6.92 Å². The van der Waals surface area contributed by atoms with Gasteiger partial charge >= 0.3 is 0 Å². The van der Waals surface area contributed by atoms with Crippen molar-refractivity contribution in [2.45, 2.75) is 51.7 Å². The molecule has 1 heterocycles. The summed E-state index contributed by atoms with van der Waals surface area (Å²) in [5.41, 5.74) is 2.56. The third-order valence-electron chi connectivity index (χ3n) is 4.44. The molecule has 2 N–H and O–H groups in total. The summed E-state index contributed by atoms with van der Waals surface area (Å²) in [6.45, 7) is 6.01. The van der Waals surface area contributed by atoms with Crippen LogP contribution in [0.1, 0.15) is 37.3 Å². The molecule has 0 bridgehead atoms. The zero-order valence-electron chi connectivity index (χ0n) is 13.7. The summed E-state index contributed by atoms with van der Waals surface area (Å²) in [5.74, 6) is 0.0890. The molecule has 122 valence electrons. The first-order valence-corrected chi connectivity index (χ1v) is 8.29. The van der Waals surface area contributed by atoms with E-state index in [1.54, 1.807) is 0 Å². The lowest BCUT2D eigenvalue weighted by atomic mass is 10.1. The summed E-state index contributed by atoms with van der Waals surface area (Å²) in [6.07, 6.45) is 3.54. The van der Waals surface area contributed by atoms with Crippen molar-refractivity contribution < 1.29 is 9.90 Å². The molecule has 0 saturated carbocycles. The predicted octanol–water partition coefficient (Wildman–Crippen LogP) is 1.89. The van der Waals surface area contributed by atoms with E-state index in [0.29, 0.717) is 19.1 Å². The lowest BCUT2D eigenvalue weighted by Gasteiger charge is -2.24. The van der Waals surface area contributed by atoms with Crippen molar-refractivity contribution in [1.82, 2.24) is 10.2 Å². The van der Waals surface area contributed by atoms with Crippen molar-refractivity contribution in [3.63, 3.8) is 0 Å². The van der Waals surface area contributed by atoms with Crippen molar-refractivity contribution in [1.29, 1.82) is 0 Å². The number of carbonyl (C=O) groups is 1. The van der Waals surface area contributed by atoms with E-state index in [-0.39, 0.29) is 12.0 Å². The van der Waals surface area contributed by atoms with Gasteiger partial charge in [0.05, 0.1) is 12.6 Å². The first-order chi connectivity index (χ1) is 10.6. The van der Waals surface area contributed by atoms with Crippen molar-refractivity contribution in [3.8, 4) is 0 Å². The Morgan fingerprint density at radius 1 is 1.45 bits per heavy atom.